The average molecular weight is 674 g/mol. The highest BCUT2D eigenvalue weighted by Gasteiger charge is 2.37. The first-order chi connectivity index (χ1) is 26.1. The summed E-state index contributed by atoms with van der Waals surface area (Å²) in [5.41, 5.74) is 19.8. The van der Waals surface area contributed by atoms with Crippen molar-refractivity contribution < 1.29 is 0 Å². The SMILES string of the molecule is CC1(C)c2cc(-c3ccc4c5c(cccc35)-c3c-4c(-c4ccccc4)c4ccccc4c3-c3ccccc3)ccc2-c2nc(-c3ccccc3)ccc21. The molecule has 0 saturated heterocycles. The minimum Gasteiger partial charge on any atom is -0.247 e. The van der Waals surface area contributed by atoms with Gasteiger partial charge in [-0.2, -0.15) is 0 Å². The normalized spacial score (nSPS) is 13.2. The minimum absolute atomic E-state index is 0.163. The lowest BCUT2D eigenvalue weighted by molar-refractivity contribution is 0.659. The van der Waals surface area contributed by atoms with Gasteiger partial charge in [-0.05, 0) is 100 Å². The van der Waals surface area contributed by atoms with E-state index in [4.69, 9.17) is 4.98 Å². The Labute approximate surface area is 309 Å². The fourth-order valence-electron chi connectivity index (χ4n) is 9.38. The Bertz CT molecular complexity index is 2850. The predicted octanol–water partition coefficient (Wildman–Crippen LogP) is 14.0. The van der Waals surface area contributed by atoms with Crippen LogP contribution in [0.3, 0.4) is 0 Å². The van der Waals surface area contributed by atoms with Crippen molar-refractivity contribution in [2.45, 2.75) is 19.3 Å². The van der Waals surface area contributed by atoms with Crippen LogP contribution in [0.4, 0.5) is 0 Å². The molecule has 1 heteroatoms. The van der Waals surface area contributed by atoms with Crippen LogP contribution in [-0.4, -0.2) is 4.98 Å². The molecular formula is C52H35N. The van der Waals surface area contributed by atoms with E-state index in [1.807, 2.05) is 0 Å². The predicted molar refractivity (Wildman–Crippen MR) is 223 cm³/mol. The van der Waals surface area contributed by atoms with Crippen molar-refractivity contribution in [1.82, 2.24) is 4.98 Å². The summed E-state index contributed by atoms with van der Waals surface area (Å²) in [5.74, 6) is 0. The second-order valence-corrected chi connectivity index (χ2v) is 15.0. The summed E-state index contributed by atoms with van der Waals surface area (Å²) in [7, 11) is 0. The van der Waals surface area contributed by atoms with Crippen molar-refractivity contribution in [3.8, 4) is 78.1 Å². The van der Waals surface area contributed by atoms with Gasteiger partial charge in [0, 0.05) is 16.5 Å². The second kappa shape index (κ2) is 11.2. The van der Waals surface area contributed by atoms with E-state index in [9.17, 15) is 0 Å². The molecule has 1 heterocycles. The van der Waals surface area contributed by atoms with Gasteiger partial charge in [0.25, 0.3) is 0 Å². The number of nitrogens with zero attached hydrogens (tertiary/aromatic N) is 1. The van der Waals surface area contributed by atoms with Crippen molar-refractivity contribution >= 4 is 21.5 Å². The number of pyridine rings is 1. The van der Waals surface area contributed by atoms with Crippen LogP contribution in [0.2, 0.25) is 0 Å². The van der Waals surface area contributed by atoms with Crippen LogP contribution < -0.4 is 0 Å². The first kappa shape index (κ1) is 30.1. The highest BCUT2D eigenvalue weighted by Crippen LogP contribution is 2.59. The third kappa shape index (κ3) is 4.28. The summed E-state index contributed by atoms with van der Waals surface area (Å²) >= 11 is 0. The lowest BCUT2D eigenvalue weighted by Crippen LogP contribution is -2.15. The monoisotopic (exact) mass is 673 g/mol. The van der Waals surface area contributed by atoms with Gasteiger partial charge in [-0.1, -0.05) is 178 Å². The first-order valence-corrected chi connectivity index (χ1v) is 18.6. The van der Waals surface area contributed by atoms with Gasteiger partial charge in [-0.25, -0.2) is 4.98 Å². The van der Waals surface area contributed by atoms with E-state index in [1.165, 1.54) is 93.9 Å². The first-order valence-electron chi connectivity index (χ1n) is 18.6. The van der Waals surface area contributed by atoms with Crippen molar-refractivity contribution in [2.75, 3.05) is 0 Å². The number of rotatable bonds is 4. The van der Waals surface area contributed by atoms with E-state index >= 15 is 0 Å². The Kier molecular flexibility index (Phi) is 6.37. The van der Waals surface area contributed by atoms with Crippen LogP contribution in [0.5, 0.6) is 0 Å². The number of benzene rings is 8. The van der Waals surface area contributed by atoms with Crippen LogP contribution in [0.25, 0.3) is 99.7 Å². The molecule has 0 aliphatic heterocycles. The third-order valence-electron chi connectivity index (χ3n) is 11.8. The summed E-state index contributed by atoms with van der Waals surface area (Å²) < 4.78 is 0. The van der Waals surface area contributed by atoms with Crippen LogP contribution >= 0.6 is 0 Å². The van der Waals surface area contributed by atoms with Crippen LogP contribution in [0.1, 0.15) is 25.0 Å². The summed E-state index contributed by atoms with van der Waals surface area (Å²) in [4.78, 5) is 5.26. The Morgan fingerprint density at radius 3 is 1.53 bits per heavy atom. The Morgan fingerprint density at radius 1 is 0.358 bits per heavy atom. The molecule has 0 amide bonds. The van der Waals surface area contributed by atoms with Gasteiger partial charge in [0.1, 0.15) is 0 Å². The molecule has 0 unspecified atom stereocenters. The van der Waals surface area contributed by atoms with E-state index in [0.29, 0.717) is 0 Å². The van der Waals surface area contributed by atoms with Gasteiger partial charge in [0.05, 0.1) is 11.4 Å². The largest absolute Gasteiger partial charge is 0.247 e. The van der Waals surface area contributed by atoms with Crippen LogP contribution in [-0.2, 0) is 5.41 Å². The fourth-order valence-corrected chi connectivity index (χ4v) is 9.38. The molecule has 11 rings (SSSR count). The molecular weight excluding hydrogens is 639 g/mol. The van der Waals surface area contributed by atoms with Gasteiger partial charge < -0.3 is 0 Å². The topological polar surface area (TPSA) is 12.9 Å². The molecule has 53 heavy (non-hydrogen) atoms. The fraction of sp³-hybridized carbons (Fsp3) is 0.0577. The van der Waals surface area contributed by atoms with Crippen molar-refractivity contribution in [1.29, 1.82) is 0 Å². The molecule has 9 aromatic rings. The average Bonchev–Trinajstić information content (AvgIpc) is 3.66. The molecule has 0 fully saturated rings. The lowest BCUT2D eigenvalue weighted by atomic mass is 9.81. The van der Waals surface area contributed by atoms with E-state index < -0.39 is 0 Å². The maximum absolute atomic E-state index is 5.26. The second-order valence-electron chi connectivity index (χ2n) is 15.0. The molecule has 0 spiro atoms. The molecule has 0 N–H and O–H groups in total. The molecule has 2 aliphatic rings. The van der Waals surface area contributed by atoms with E-state index in [1.54, 1.807) is 0 Å². The zero-order valence-electron chi connectivity index (χ0n) is 29.7. The summed E-state index contributed by atoms with van der Waals surface area (Å²) in [6.07, 6.45) is 0. The maximum atomic E-state index is 5.26. The molecule has 2 aliphatic carbocycles. The van der Waals surface area contributed by atoms with Crippen molar-refractivity contribution in [3.05, 3.63) is 187 Å². The number of hydrogen-bond donors (Lipinski definition) is 0. The highest BCUT2D eigenvalue weighted by atomic mass is 14.7. The molecule has 0 bridgehead atoms. The van der Waals surface area contributed by atoms with Gasteiger partial charge >= 0.3 is 0 Å². The lowest BCUT2D eigenvalue weighted by Gasteiger charge is -2.22. The molecule has 1 nitrogen and oxygen atoms in total. The zero-order chi connectivity index (χ0) is 35.3. The van der Waals surface area contributed by atoms with Gasteiger partial charge in [0.15, 0.2) is 0 Å². The number of hydrogen-bond acceptors (Lipinski definition) is 1. The van der Waals surface area contributed by atoms with E-state index in [0.717, 1.165) is 17.0 Å². The van der Waals surface area contributed by atoms with Crippen LogP contribution in [0, 0.1) is 0 Å². The zero-order valence-corrected chi connectivity index (χ0v) is 29.7. The molecule has 248 valence electrons. The van der Waals surface area contributed by atoms with Gasteiger partial charge in [-0.3, -0.25) is 0 Å². The minimum atomic E-state index is -0.163. The van der Waals surface area contributed by atoms with Gasteiger partial charge in [0.2, 0.25) is 0 Å². The summed E-state index contributed by atoms with van der Waals surface area (Å²) in [5, 5.41) is 5.19. The standard InChI is InChI=1S/C52H35N/c1-52(2)43-29-30-45(32-15-6-3-7-16-32)53-51(43)40-26-25-35(31-44(40)52)36-27-28-42-48-37(36)23-14-24-41(48)49-46(33-17-8-4-9-18-33)38-21-12-13-22-39(38)47(50(42)49)34-19-10-5-11-20-34/h3-31H,1-2H3. The van der Waals surface area contributed by atoms with E-state index in [2.05, 4.69) is 190 Å². The quantitative estimate of drug-likeness (QED) is 0.181. The summed E-state index contributed by atoms with van der Waals surface area (Å²) in [6.45, 7) is 4.69. The third-order valence-corrected chi connectivity index (χ3v) is 11.8. The molecule has 0 radical (unpaired) electrons. The maximum Gasteiger partial charge on any atom is 0.0753 e. The Balaban J connectivity index is 1.15. The number of fused-ring (bicyclic) bond motifs is 7. The highest BCUT2D eigenvalue weighted by molar-refractivity contribution is 6.28. The van der Waals surface area contributed by atoms with Crippen LogP contribution in [0.15, 0.2) is 176 Å². The van der Waals surface area contributed by atoms with Gasteiger partial charge in [-0.15, -0.1) is 0 Å². The molecule has 1 aromatic heterocycles. The Morgan fingerprint density at radius 2 is 0.887 bits per heavy atom. The molecule has 8 aromatic carbocycles. The molecule has 0 atom stereocenters. The molecule has 0 saturated carbocycles. The Hall–Kier alpha value is -6.57. The smallest absolute Gasteiger partial charge is 0.0753 e. The summed E-state index contributed by atoms with van der Waals surface area (Å²) in [6, 6.07) is 64.6. The van der Waals surface area contributed by atoms with E-state index in [-0.39, 0.29) is 5.41 Å². The number of aromatic nitrogens is 1. The van der Waals surface area contributed by atoms with Crippen molar-refractivity contribution in [3.63, 3.8) is 0 Å². The van der Waals surface area contributed by atoms with Crippen molar-refractivity contribution in [2.24, 2.45) is 0 Å².